The Hall–Kier alpha value is -0.940. The number of hydrogen-bond donors (Lipinski definition) is 1. The molecule has 1 N–H and O–H groups in total. The first-order valence-corrected chi connectivity index (χ1v) is 6.14. The van der Waals surface area contributed by atoms with E-state index >= 15 is 0 Å². The molecule has 1 aliphatic rings. The normalized spacial score (nSPS) is 23.7. The number of ether oxygens (including phenoxy) is 1. The molecule has 2 rings (SSSR count). The van der Waals surface area contributed by atoms with Crippen molar-refractivity contribution < 1.29 is 13.9 Å². The summed E-state index contributed by atoms with van der Waals surface area (Å²) in [5, 5.41) is 3.15. The maximum Gasteiger partial charge on any atom is 0.317 e. The average molecular weight is 302 g/mol. The van der Waals surface area contributed by atoms with Gasteiger partial charge in [0.2, 0.25) is 0 Å². The molecule has 1 aromatic carbocycles. The largest absolute Gasteiger partial charge is 0.468 e. The zero-order valence-corrected chi connectivity index (χ0v) is 11.0. The van der Waals surface area contributed by atoms with Crippen LogP contribution >= 0.6 is 15.9 Å². The highest BCUT2D eigenvalue weighted by Crippen LogP contribution is 2.36. The van der Waals surface area contributed by atoms with Crippen molar-refractivity contribution in [2.45, 2.75) is 11.8 Å². The molecule has 0 amide bonds. The lowest BCUT2D eigenvalue weighted by molar-refractivity contribution is -0.146. The highest BCUT2D eigenvalue weighted by atomic mass is 79.9. The van der Waals surface area contributed by atoms with Gasteiger partial charge in [0.15, 0.2) is 0 Å². The summed E-state index contributed by atoms with van der Waals surface area (Å²) >= 11 is 3.31. The molecule has 1 atom stereocenters. The van der Waals surface area contributed by atoms with Crippen LogP contribution in [0.1, 0.15) is 12.0 Å². The van der Waals surface area contributed by atoms with E-state index in [4.69, 9.17) is 4.74 Å². The molecule has 17 heavy (non-hydrogen) atoms. The van der Waals surface area contributed by atoms with E-state index < -0.39 is 5.41 Å². The van der Waals surface area contributed by atoms with Gasteiger partial charge in [-0.05, 0) is 30.7 Å². The van der Waals surface area contributed by atoms with E-state index in [1.807, 2.05) is 0 Å². The van der Waals surface area contributed by atoms with E-state index in [0.717, 1.165) is 12.1 Å². The van der Waals surface area contributed by atoms with Crippen molar-refractivity contribution in [2.75, 3.05) is 20.2 Å². The third-order valence-corrected chi connectivity index (χ3v) is 3.83. The van der Waals surface area contributed by atoms with Crippen molar-refractivity contribution in [3.8, 4) is 0 Å². The second-order valence-corrected chi connectivity index (χ2v) is 4.98. The fourth-order valence-corrected chi connectivity index (χ4v) is 3.01. The van der Waals surface area contributed by atoms with Gasteiger partial charge in [-0.2, -0.15) is 0 Å². The summed E-state index contributed by atoms with van der Waals surface area (Å²) in [6.45, 7) is 1.27. The van der Waals surface area contributed by atoms with E-state index in [2.05, 4.69) is 21.2 Å². The monoisotopic (exact) mass is 301 g/mol. The van der Waals surface area contributed by atoms with Gasteiger partial charge >= 0.3 is 5.97 Å². The van der Waals surface area contributed by atoms with E-state index in [1.165, 1.54) is 19.2 Å². The first-order valence-electron chi connectivity index (χ1n) is 5.35. The minimum Gasteiger partial charge on any atom is -0.468 e. The fraction of sp³-hybridized carbons (Fsp3) is 0.417. The Morgan fingerprint density at radius 1 is 1.59 bits per heavy atom. The van der Waals surface area contributed by atoms with Crippen molar-refractivity contribution >= 4 is 21.9 Å². The van der Waals surface area contributed by atoms with Gasteiger partial charge in [0, 0.05) is 11.0 Å². The average Bonchev–Trinajstić information content (AvgIpc) is 2.78. The van der Waals surface area contributed by atoms with E-state index in [9.17, 15) is 9.18 Å². The predicted octanol–water partition coefficient (Wildman–Crippen LogP) is 1.99. The van der Waals surface area contributed by atoms with E-state index in [0.29, 0.717) is 17.4 Å². The second kappa shape index (κ2) is 4.74. The summed E-state index contributed by atoms with van der Waals surface area (Å²) in [6.07, 6.45) is 0.657. The van der Waals surface area contributed by atoms with Gasteiger partial charge in [-0.1, -0.05) is 22.0 Å². The number of methoxy groups -OCH3 is 1. The first kappa shape index (κ1) is 12.5. The smallest absolute Gasteiger partial charge is 0.317 e. The van der Waals surface area contributed by atoms with Crippen molar-refractivity contribution in [1.82, 2.24) is 5.32 Å². The number of benzene rings is 1. The molecule has 0 aromatic heterocycles. The summed E-state index contributed by atoms with van der Waals surface area (Å²) in [4.78, 5) is 12.0. The highest BCUT2D eigenvalue weighted by molar-refractivity contribution is 9.10. The highest BCUT2D eigenvalue weighted by Gasteiger charge is 2.45. The SMILES string of the molecule is COC(=O)C1(c2ccc(F)cc2Br)CCNC1. The first-order chi connectivity index (χ1) is 8.10. The summed E-state index contributed by atoms with van der Waals surface area (Å²) < 4.78 is 18.6. The standard InChI is InChI=1S/C12H13BrFNO2/c1-17-11(16)12(4-5-15-7-12)9-3-2-8(14)6-10(9)13/h2-3,6,15H,4-5,7H2,1H3. The topological polar surface area (TPSA) is 38.3 Å². The Balaban J connectivity index is 2.49. The van der Waals surface area contributed by atoms with Crippen LogP contribution in [0.15, 0.2) is 22.7 Å². The van der Waals surface area contributed by atoms with Gasteiger partial charge in [-0.3, -0.25) is 4.79 Å². The zero-order chi connectivity index (χ0) is 12.5. The van der Waals surface area contributed by atoms with Crippen LogP contribution < -0.4 is 5.32 Å². The Bertz CT molecular complexity index is 444. The van der Waals surface area contributed by atoms with Gasteiger partial charge in [-0.25, -0.2) is 4.39 Å². The molecule has 0 saturated carbocycles. The quantitative estimate of drug-likeness (QED) is 0.849. The third kappa shape index (κ3) is 2.09. The lowest BCUT2D eigenvalue weighted by atomic mass is 9.79. The molecule has 1 aromatic rings. The Labute approximate surface area is 107 Å². The van der Waals surface area contributed by atoms with Crippen LogP contribution in [0.25, 0.3) is 0 Å². The molecule has 3 nitrogen and oxygen atoms in total. The van der Waals surface area contributed by atoms with Crippen LogP contribution in [0.3, 0.4) is 0 Å². The molecular weight excluding hydrogens is 289 g/mol. The van der Waals surface area contributed by atoms with Gasteiger partial charge in [0.05, 0.1) is 7.11 Å². The number of hydrogen-bond acceptors (Lipinski definition) is 3. The van der Waals surface area contributed by atoms with Gasteiger partial charge in [0.25, 0.3) is 0 Å². The second-order valence-electron chi connectivity index (χ2n) is 4.12. The number of esters is 1. The number of nitrogens with one attached hydrogen (secondary N) is 1. The lowest BCUT2D eigenvalue weighted by Crippen LogP contribution is -2.39. The fourth-order valence-electron chi connectivity index (χ4n) is 2.28. The number of carbonyl (C=O) groups excluding carboxylic acids is 1. The molecule has 0 bridgehead atoms. The molecular formula is C12H13BrFNO2. The van der Waals surface area contributed by atoms with E-state index in [-0.39, 0.29) is 11.8 Å². The molecule has 0 radical (unpaired) electrons. The molecule has 1 aliphatic heterocycles. The minimum absolute atomic E-state index is 0.283. The van der Waals surface area contributed by atoms with E-state index in [1.54, 1.807) is 6.07 Å². The molecule has 1 fully saturated rings. The molecule has 1 heterocycles. The maximum absolute atomic E-state index is 13.1. The summed E-state index contributed by atoms with van der Waals surface area (Å²) in [7, 11) is 1.37. The van der Waals surface area contributed by atoms with Crippen LogP contribution in [0.5, 0.6) is 0 Å². The van der Waals surface area contributed by atoms with Gasteiger partial charge < -0.3 is 10.1 Å². The number of halogens is 2. The van der Waals surface area contributed by atoms with Crippen LogP contribution in [0.4, 0.5) is 4.39 Å². The lowest BCUT2D eigenvalue weighted by Gasteiger charge is -2.26. The predicted molar refractivity (Wildman–Crippen MR) is 65.3 cm³/mol. The minimum atomic E-state index is -0.707. The van der Waals surface area contributed by atoms with Gasteiger partial charge in [0.1, 0.15) is 11.2 Å². The van der Waals surface area contributed by atoms with Crippen LogP contribution in [-0.4, -0.2) is 26.2 Å². The molecule has 1 saturated heterocycles. The maximum atomic E-state index is 13.1. The zero-order valence-electron chi connectivity index (χ0n) is 9.43. The van der Waals surface area contributed by atoms with Crippen LogP contribution in [0.2, 0.25) is 0 Å². The summed E-state index contributed by atoms with van der Waals surface area (Å²) in [5.41, 5.74) is 0.0668. The number of carbonyl (C=O) groups is 1. The Morgan fingerprint density at radius 2 is 2.35 bits per heavy atom. The third-order valence-electron chi connectivity index (χ3n) is 3.18. The molecule has 0 spiro atoms. The number of rotatable bonds is 2. The molecule has 0 aliphatic carbocycles. The molecule has 92 valence electrons. The van der Waals surface area contributed by atoms with Crippen LogP contribution in [-0.2, 0) is 14.9 Å². The van der Waals surface area contributed by atoms with Crippen LogP contribution in [0, 0.1) is 5.82 Å². The summed E-state index contributed by atoms with van der Waals surface area (Å²) in [5.74, 6) is -0.610. The van der Waals surface area contributed by atoms with Crippen molar-refractivity contribution in [2.24, 2.45) is 0 Å². The van der Waals surface area contributed by atoms with Crippen molar-refractivity contribution in [1.29, 1.82) is 0 Å². The van der Waals surface area contributed by atoms with Crippen molar-refractivity contribution in [3.63, 3.8) is 0 Å². The Kier molecular flexibility index (Phi) is 3.49. The molecule has 1 unspecified atom stereocenters. The molecule has 5 heteroatoms. The summed E-state index contributed by atoms with van der Waals surface area (Å²) in [6, 6.07) is 4.38. The van der Waals surface area contributed by atoms with Gasteiger partial charge in [-0.15, -0.1) is 0 Å². The van der Waals surface area contributed by atoms with Crippen molar-refractivity contribution in [3.05, 3.63) is 34.1 Å². The Morgan fingerprint density at radius 3 is 2.88 bits per heavy atom.